The highest BCUT2D eigenvalue weighted by atomic mass is 17.1. The second-order valence-electron chi connectivity index (χ2n) is 6.49. The van der Waals surface area contributed by atoms with Gasteiger partial charge in [-0.2, -0.15) is 0 Å². The fraction of sp³-hybridized carbons (Fsp3) is 1.00. The van der Waals surface area contributed by atoms with E-state index in [1.807, 2.05) is 0 Å². The van der Waals surface area contributed by atoms with Crippen LogP contribution in [0.4, 0.5) is 0 Å². The summed E-state index contributed by atoms with van der Waals surface area (Å²) in [5.41, 5.74) is 0. The van der Waals surface area contributed by atoms with E-state index in [9.17, 15) is 0 Å². The zero-order chi connectivity index (χ0) is 15.4. The van der Waals surface area contributed by atoms with Gasteiger partial charge in [0.05, 0.1) is 6.61 Å². The first-order valence-corrected chi connectivity index (χ1v) is 9.68. The maximum atomic E-state index is 8.19. The van der Waals surface area contributed by atoms with E-state index < -0.39 is 0 Å². The molecule has 0 unspecified atom stereocenters. The maximum absolute atomic E-state index is 8.19. The second-order valence-corrected chi connectivity index (χ2v) is 6.49. The lowest BCUT2D eigenvalue weighted by Crippen LogP contribution is -1.88. The molecule has 0 atom stereocenters. The molecule has 2 heteroatoms. The third-order valence-corrected chi connectivity index (χ3v) is 4.34. The monoisotopic (exact) mass is 300 g/mol. The van der Waals surface area contributed by atoms with E-state index in [0.29, 0.717) is 6.61 Å². The van der Waals surface area contributed by atoms with Crippen molar-refractivity contribution < 1.29 is 10.1 Å². The van der Waals surface area contributed by atoms with E-state index in [1.165, 1.54) is 103 Å². The van der Waals surface area contributed by atoms with Gasteiger partial charge in [-0.25, -0.2) is 4.89 Å². The van der Waals surface area contributed by atoms with Crippen molar-refractivity contribution in [1.29, 1.82) is 0 Å². The molecule has 0 amide bonds. The summed E-state index contributed by atoms with van der Waals surface area (Å²) in [5, 5.41) is 8.19. The van der Waals surface area contributed by atoms with Gasteiger partial charge in [-0.3, -0.25) is 5.26 Å². The third kappa shape index (κ3) is 19.9. The Hall–Kier alpha value is -0.0800. The summed E-state index contributed by atoms with van der Waals surface area (Å²) in [6.07, 6.45) is 23.5. The minimum atomic E-state index is 0.499. The van der Waals surface area contributed by atoms with Crippen molar-refractivity contribution in [3.63, 3.8) is 0 Å². The number of rotatable bonds is 18. The molecule has 0 aromatic heterocycles. The number of hydrogen-bond acceptors (Lipinski definition) is 2. The normalized spacial score (nSPS) is 11.1. The summed E-state index contributed by atoms with van der Waals surface area (Å²) in [4.78, 5) is 4.07. The molecule has 0 aromatic carbocycles. The fourth-order valence-corrected chi connectivity index (χ4v) is 2.89. The minimum absolute atomic E-state index is 0.499. The van der Waals surface area contributed by atoms with Crippen LogP contribution in [0.5, 0.6) is 0 Å². The SMILES string of the molecule is CCCCCCCCCCCCCCCCCCCOO. The van der Waals surface area contributed by atoms with Gasteiger partial charge in [0.15, 0.2) is 0 Å². The fourth-order valence-electron chi connectivity index (χ4n) is 2.89. The summed E-state index contributed by atoms with van der Waals surface area (Å²) >= 11 is 0. The van der Waals surface area contributed by atoms with Crippen molar-refractivity contribution in [2.75, 3.05) is 6.61 Å². The van der Waals surface area contributed by atoms with Crippen molar-refractivity contribution in [2.45, 2.75) is 116 Å². The number of unbranched alkanes of at least 4 members (excludes halogenated alkanes) is 16. The Morgan fingerprint density at radius 2 is 0.762 bits per heavy atom. The van der Waals surface area contributed by atoms with Crippen LogP contribution in [0.2, 0.25) is 0 Å². The van der Waals surface area contributed by atoms with Gasteiger partial charge in [-0.15, -0.1) is 0 Å². The summed E-state index contributed by atoms with van der Waals surface area (Å²) in [7, 11) is 0. The molecule has 0 fully saturated rings. The molecular formula is C19H40O2. The van der Waals surface area contributed by atoms with Crippen LogP contribution >= 0.6 is 0 Å². The molecule has 2 nitrogen and oxygen atoms in total. The average molecular weight is 301 g/mol. The molecule has 0 saturated carbocycles. The van der Waals surface area contributed by atoms with Crippen LogP contribution in [-0.2, 0) is 4.89 Å². The van der Waals surface area contributed by atoms with E-state index >= 15 is 0 Å². The van der Waals surface area contributed by atoms with E-state index in [1.54, 1.807) is 0 Å². The first kappa shape index (κ1) is 20.9. The lowest BCUT2D eigenvalue weighted by Gasteiger charge is -2.03. The third-order valence-electron chi connectivity index (χ3n) is 4.34. The van der Waals surface area contributed by atoms with Crippen molar-refractivity contribution in [2.24, 2.45) is 0 Å². The van der Waals surface area contributed by atoms with E-state index in [2.05, 4.69) is 11.8 Å². The van der Waals surface area contributed by atoms with Crippen LogP contribution < -0.4 is 0 Å². The lowest BCUT2D eigenvalue weighted by molar-refractivity contribution is -0.242. The van der Waals surface area contributed by atoms with Gasteiger partial charge in [0.25, 0.3) is 0 Å². The Bertz CT molecular complexity index is 153. The predicted molar refractivity (Wildman–Crippen MR) is 92.7 cm³/mol. The highest BCUT2D eigenvalue weighted by Gasteiger charge is 1.94. The summed E-state index contributed by atoms with van der Waals surface area (Å²) in [6, 6.07) is 0. The molecular weight excluding hydrogens is 260 g/mol. The summed E-state index contributed by atoms with van der Waals surface area (Å²) < 4.78 is 0. The van der Waals surface area contributed by atoms with E-state index in [-0.39, 0.29) is 0 Å². The van der Waals surface area contributed by atoms with Gasteiger partial charge in [-0.05, 0) is 6.42 Å². The Balaban J connectivity index is 2.90. The highest BCUT2D eigenvalue weighted by Crippen LogP contribution is 2.13. The van der Waals surface area contributed by atoms with Crippen molar-refractivity contribution in [1.82, 2.24) is 0 Å². The van der Waals surface area contributed by atoms with Crippen LogP contribution in [-0.4, -0.2) is 11.9 Å². The molecule has 0 aliphatic rings. The molecule has 0 bridgehead atoms. The Morgan fingerprint density at radius 1 is 0.476 bits per heavy atom. The predicted octanol–water partition coefficient (Wildman–Crippen LogP) is 7.13. The number of hydrogen-bond donors (Lipinski definition) is 1. The first-order chi connectivity index (χ1) is 10.4. The quantitative estimate of drug-likeness (QED) is 0.166. The Labute approximate surface area is 133 Å². The molecule has 0 saturated heterocycles. The van der Waals surface area contributed by atoms with Crippen LogP contribution in [0, 0.1) is 0 Å². The van der Waals surface area contributed by atoms with Crippen LogP contribution in [0.25, 0.3) is 0 Å². The highest BCUT2D eigenvalue weighted by molar-refractivity contribution is 4.50. The van der Waals surface area contributed by atoms with Crippen molar-refractivity contribution in [3.8, 4) is 0 Å². The van der Waals surface area contributed by atoms with E-state index in [0.717, 1.165) is 6.42 Å². The zero-order valence-corrected chi connectivity index (χ0v) is 14.6. The van der Waals surface area contributed by atoms with Crippen LogP contribution in [0.1, 0.15) is 116 Å². The first-order valence-electron chi connectivity index (χ1n) is 9.68. The van der Waals surface area contributed by atoms with E-state index in [4.69, 9.17) is 5.26 Å². The topological polar surface area (TPSA) is 29.5 Å². The standard InChI is InChI=1S/C19H40O2/c1-2-3-4-5-6-7-8-9-10-11-12-13-14-15-16-17-18-19-21-20/h20H,2-19H2,1H3. The largest absolute Gasteiger partial charge is 0.252 e. The zero-order valence-electron chi connectivity index (χ0n) is 14.6. The molecule has 0 aliphatic heterocycles. The molecule has 0 rings (SSSR count). The molecule has 1 N–H and O–H groups in total. The van der Waals surface area contributed by atoms with Gasteiger partial charge >= 0.3 is 0 Å². The Kier molecular flexibility index (Phi) is 19.8. The van der Waals surface area contributed by atoms with Crippen LogP contribution in [0.3, 0.4) is 0 Å². The molecule has 128 valence electrons. The van der Waals surface area contributed by atoms with Gasteiger partial charge in [-0.1, -0.05) is 110 Å². The minimum Gasteiger partial charge on any atom is -0.252 e. The summed E-state index contributed by atoms with van der Waals surface area (Å²) in [5.74, 6) is 0. The molecule has 0 spiro atoms. The van der Waals surface area contributed by atoms with Gasteiger partial charge in [0, 0.05) is 0 Å². The molecule has 0 radical (unpaired) electrons. The Morgan fingerprint density at radius 3 is 1.05 bits per heavy atom. The van der Waals surface area contributed by atoms with Gasteiger partial charge < -0.3 is 0 Å². The second kappa shape index (κ2) is 19.9. The average Bonchev–Trinajstić information content (AvgIpc) is 2.50. The molecule has 0 aromatic rings. The maximum Gasteiger partial charge on any atom is 0.0819 e. The summed E-state index contributed by atoms with van der Waals surface area (Å²) in [6.45, 7) is 2.78. The molecule has 0 heterocycles. The van der Waals surface area contributed by atoms with Crippen molar-refractivity contribution >= 4 is 0 Å². The van der Waals surface area contributed by atoms with Crippen LogP contribution in [0.15, 0.2) is 0 Å². The van der Waals surface area contributed by atoms with Gasteiger partial charge in [0.1, 0.15) is 0 Å². The van der Waals surface area contributed by atoms with Gasteiger partial charge in [0.2, 0.25) is 0 Å². The lowest BCUT2D eigenvalue weighted by atomic mass is 10.0. The van der Waals surface area contributed by atoms with Crippen molar-refractivity contribution in [3.05, 3.63) is 0 Å². The molecule has 21 heavy (non-hydrogen) atoms. The smallest absolute Gasteiger partial charge is 0.0819 e. The molecule has 0 aliphatic carbocycles.